The molecule has 1 amide bonds. The van der Waals surface area contributed by atoms with E-state index < -0.39 is 11.2 Å². The molecule has 1 aliphatic rings. The number of amides is 1. The number of halogens is 1. The fraction of sp³-hybridized carbons (Fsp3) is 0.500. The van der Waals surface area contributed by atoms with Gasteiger partial charge in [-0.15, -0.1) is 0 Å². The molecule has 1 atom stereocenters. The molecule has 1 heterocycles. The van der Waals surface area contributed by atoms with Gasteiger partial charge >= 0.3 is 0 Å². The number of carbonyl (C=O) groups excluding carboxylic acids is 1. The van der Waals surface area contributed by atoms with Crippen LogP contribution in [0.1, 0.15) is 43.7 Å². The van der Waals surface area contributed by atoms with Gasteiger partial charge in [0, 0.05) is 19.2 Å². The number of hydrogen-bond acceptors (Lipinski definition) is 6. The van der Waals surface area contributed by atoms with E-state index in [0.29, 0.717) is 55.1 Å². The molecule has 1 unspecified atom stereocenters. The molecular weight excluding hydrogens is 385 g/mol. The Hall–Kier alpha value is -2.92. The van der Waals surface area contributed by atoms with E-state index in [0.717, 1.165) is 18.5 Å². The fourth-order valence-corrected chi connectivity index (χ4v) is 4.00. The van der Waals surface area contributed by atoms with Gasteiger partial charge in [0.2, 0.25) is 0 Å². The highest BCUT2D eigenvalue weighted by Crippen LogP contribution is 2.37. The highest BCUT2D eigenvalue weighted by atomic mass is 19.1. The van der Waals surface area contributed by atoms with Crippen LogP contribution in [0, 0.1) is 24.1 Å². The van der Waals surface area contributed by atoms with E-state index in [1.165, 1.54) is 6.07 Å². The summed E-state index contributed by atoms with van der Waals surface area (Å²) in [5, 5.41) is 14.7. The van der Waals surface area contributed by atoms with E-state index in [-0.39, 0.29) is 12.5 Å². The van der Waals surface area contributed by atoms with Gasteiger partial charge < -0.3 is 21.1 Å². The van der Waals surface area contributed by atoms with E-state index in [9.17, 15) is 4.79 Å². The maximum atomic E-state index is 15.0. The highest BCUT2D eigenvalue weighted by Gasteiger charge is 2.31. The SMILES string of the molecule is C=NC1=C(C(=O)NCCC(C)(CCN)c2c(C)cc(OCC#N)cc2F)CCCN1. The molecule has 162 valence electrons. The number of aliphatic imine (C=N–C) groups is 1. The number of ether oxygens (including phenoxy) is 1. The van der Waals surface area contributed by atoms with E-state index in [1.807, 2.05) is 19.9 Å². The van der Waals surface area contributed by atoms with Crippen LogP contribution in [0.4, 0.5) is 4.39 Å². The summed E-state index contributed by atoms with van der Waals surface area (Å²) in [5.74, 6) is 0.262. The van der Waals surface area contributed by atoms with Crippen LogP contribution in [-0.2, 0) is 10.2 Å². The van der Waals surface area contributed by atoms with Crippen LogP contribution in [0.25, 0.3) is 0 Å². The zero-order valence-electron chi connectivity index (χ0n) is 17.7. The summed E-state index contributed by atoms with van der Waals surface area (Å²) in [6.45, 7) is 8.65. The quantitative estimate of drug-likeness (QED) is 0.508. The van der Waals surface area contributed by atoms with Crippen LogP contribution in [0.3, 0.4) is 0 Å². The second kappa shape index (κ2) is 10.7. The average molecular weight is 416 g/mol. The maximum Gasteiger partial charge on any atom is 0.250 e. The lowest BCUT2D eigenvalue weighted by Crippen LogP contribution is -2.36. The summed E-state index contributed by atoms with van der Waals surface area (Å²) in [6.07, 6.45) is 2.58. The molecule has 7 nitrogen and oxygen atoms in total. The van der Waals surface area contributed by atoms with Gasteiger partial charge in [0.15, 0.2) is 6.61 Å². The van der Waals surface area contributed by atoms with Crippen molar-refractivity contribution in [2.75, 3.05) is 26.2 Å². The van der Waals surface area contributed by atoms with Crippen molar-refractivity contribution in [3.05, 3.63) is 40.5 Å². The van der Waals surface area contributed by atoms with Crippen molar-refractivity contribution in [1.82, 2.24) is 10.6 Å². The summed E-state index contributed by atoms with van der Waals surface area (Å²) >= 11 is 0. The summed E-state index contributed by atoms with van der Waals surface area (Å²) in [7, 11) is 0. The minimum atomic E-state index is -0.567. The number of aryl methyl sites for hydroxylation is 1. The lowest BCUT2D eigenvalue weighted by Gasteiger charge is -2.32. The third-order valence-corrected chi connectivity index (χ3v) is 5.44. The predicted octanol–water partition coefficient (Wildman–Crippen LogP) is 2.44. The summed E-state index contributed by atoms with van der Waals surface area (Å²) < 4.78 is 20.2. The average Bonchev–Trinajstić information content (AvgIpc) is 2.71. The number of nitriles is 1. The van der Waals surface area contributed by atoms with Crippen LogP contribution in [-0.4, -0.2) is 38.9 Å². The number of nitrogens with two attached hydrogens (primary N) is 1. The Morgan fingerprint density at radius 1 is 1.50 bits per heavy atom. The van der Waals surface area contributed by atoms with Crippen LogP contribution in [0.5, 0.6) is 5.75 Å². The van der Waals surface area contributed by atoms with Gasteiger partial charge in [-0.25, -0.2) is 9.38 Å². The first-order valence-corrected chi connectivity index (χ1v) is 10.1. The number of rotatable bonds is 10. The van der Waals surface area contributed by atoms with Gasteiger partial charge in [0.05, 0.1) is 5.57 Å². The zero-order chi connectivity index (χ0) is 22.1. The topological polar surface area (TPSA) is 113 Å². The molecular formula is C22H30FN5O2. The summed E-state index contributed by atoms with van der Waals surface area (Å²) in [5.41, 5.74) is 7.13. The van der Waals surface area contributed by atoms with Crippen molar-refractivity contribution in [3.63, 3.8) is 0 Å². The Balaban J connectivity index is 2.16. The van der Waals surface area contributed by atoms with Crippen LogP contribution in [0.15, 0.2) is 28.5 Å². The van der Waals surface area contributed by atoms with Crippen molar-refractivity contribution in [1.29, 1.82) is 5.26 Å². The zero-order valence-corrected chi connectivity index (χ0v) is 17.7. The smallest absolute Gasteiger partial charge is 0.250 e. The second-order valence-electron chi connectivity index (χ2n) is 7.66. The van der Waals surface area contributed by atoms with Gasteiger partial charge in [-0.3, -0.25) is 4.79 Å². The largest absolute Gasteiger partial charge is 0.479 e. The molecule has 1 aromatic carbocycles. The van der Waals surface area contributed by atoms with Crippen LogP contribution in [0.2, 0.25) is 0 Å². The lowest BCUT2D eigenvalue weighted by atomic mass is 9.74. The molecule has 0 aliphatic carbocycles. The summed E-state index contributed by atoms with van der Waals surface area (Å²) in [4.78, 5) is 16.5. The molecule has 0 aromatic heterocycles. The lowest BCUT2D eigenvalue weighted by molar-refractivity contribution is -0.117. The first kappa shape index (κ1) is 23.4. The Kier molecular flexibility index (Phi) is 8.36. The predicted molar refractivity (Wildman–Crippen MR) is 115 cm³/mol. The van der Waals surface area contributed by atoms with Crippen molar-refractivity contribution in [3.8, 4) is 11.8 Å². The molecule has 4 N–H and O–H groups in total. The summed E-state index contributed by atoms with van der Waals surface area (Å²) in [6, 6.07) is 4.90. The van der Waals surface area contributed by atoms with Gasteiger partial charge in [0.1, 0.15) is 23.5 Å². The monoisotopic (exact) mass is 415 g/mol. The third kappa shape index (κ3) is 5.57. The van der Waals surface area contributed by atoms with E-state index in [4.69, 9.17) is 15.7 Å². The molecule has 30 heavy (non-hydrogen) atoms. The highest BCUT2D eigenvalue weighted by molar-refractivity contribution is 5.94. The van der Waals surface area contributed by atoms with E-state index in [2.05, 4.69) is 22.3 Å². The standard InChI is InChI=1S/C22H30FN5O2/c1-15-13-16(30-12-9-25)14-18(23)19(15)22(2,6-8-24)7-11-28-21(29)17-5-4-10-27-20(17)26-3/h13-14,27H,3-8,10-12,24H2,1-2H3,(H,28,29). The number of carbonyl (C=O) groups is 1. The molecule has 1 aliphatic heterocycles. The molecule has 8 heteroatoms. The first-order chi connectivity index (χ1) is 14.4. The molecule has 0 radical (unpaired) electrons. The molecule has 0 fully saturated rings. The molecule has 0 saturated heterocycles. The first-order valence-electron chi connectivity index (χ1n) is 10.1. The minimum absolute atomic E-state index is 0.142. The number of benzene rings is 1. The molecule has 0 spiro atoms. The maximum absolute atomic E-state index is 15.0. The van der Waals surface area contributed by atoms with E-state index in [1.54, 1.807) is 6.07 Å². The van der Waals surface area contributed by atoms with Crippen molar-refractivity contribution in [2.24, 2.45) is 10.7 Å². The van der Waals surface area contributed by atoms with Crippen molar-refractivity contribution < 1.29 is 13.9 Å². The Labute approximate surface area is 177 Å². The molecule has 0 saturated carbocycles. The minimum Gasteiger partial charge on any atom is -0.479 e. The van der Waals surface area contributed by atoms with Crippen LogP contribution >= 0.6 is 0 Å². The van der Waals surface area contributed by atoms with Gasteiger partial charge in [-0.05, 0) is 68.5 Å². The fourth-order valence-electron chi connectivity index (χ4n) is 4.00. The Morgan fingerprint density at radius 2 is 2.27 bits per heavy atom. The number of nitrogens with one attached hydrogen (secondary N) is 2. The van der Waals surface area contributed by atoms with Crippen molar-refractivity contribution in [2.45, 2.75) is 44.9 Å². The van der Waals surface area contributed by atoms with Crippen LogP contribution < -0.4 is 21.1 Å². The molecule has 0 bridgehead atoms. The van der Waals surface area contributed by atoms with Gasteiger partial charge in [-0.1, -0.05) is 6.92 Å². The molecule has 2 rings (SSSR count). The van der Waals surface area contributed by atoms with Gasteiger partial charge in [-0.2, -0.15) is 5.26 Å². The second-order valence-corrected chi connectivity index (χ2v) is 7.66. The van der Waals surface area contributed by atoms with Crippen molar-refractivity contribution >= 4 is 12.6 Å². The Bertz CT molecular complexity index is 839. The molecule has 1 aromatic rings. The third-order valence-electron chi connectivity index (χ3n) is 5.44. The van der Waals surface area contributed by atoms with Gasteiger partial charge in [0.25, 0.3) is 5.91 Å². The Morgan fingerprint density at radius 3 is 2.90 bits per heavy atom. The number of hydrogen-bond donors (Lipinski definition) is 3. The normalized spacial score (nSPS) is 15.6. The number of nitrogens with zero attached hydrogens (tertiary/aromatic N) is 2. The van der Waals surface area contributed by atoms with E-state index >= 15 is 4.39 Å².